The minimum atomic E-state index is 0.703. The lowest BCUT2D eigenvalue weighted by Crippen LogP contribution is -2.02. The van der Waals surface area contributed by atoms with Gasteiger partial charge < -0.3 is 5.32 Å². The fraction of sp³-hybridized carbons (Fsp3) is 0.118. The molecule has 106 valence electrons. The Hall–Kier alpha value is -1.58. The zero-order valence-electron chi connectivity index (χ0n) is 11.5. The highest BCUT2D eigenvalue weighted by molar-refractivity contribution is 9.10. The second-order valence-electron chi connectivity index (χ2n) is 4.89. The molecule has 2 aromatic carbocycles. The van der Waals surface area contributed by atoms with Gasteiger partial charge in [-0.05, 0) is 42.3 Å². The molecule has 1 aromatic heterocycles. The number of hydrogen-bond donors (Lipinski definition) is 1. The van der Waals surface area contributed by atoms with Gasteiger partial charge in [-0.15, -0.1) is 0 Å². The number of nitrogens with one attached hydrogen (secondary N) is 1. The molecule has 0 unspecified atom stereocenters. The summed E-state index contributed by atoms with van der Waals surface area (Å²) in [5, 5.41) is 5.21. The van der Waals surface area contributed by atoms with Crippen molar-refractivity contribution >= 4 is 44.1 Å². The molecular formula is C17H14BrClN2. The van der Waals surface area contributed by atoms with Gasteiger partial charge in [-0.25, -0.2) is 0 Å². The molecule has 0 aliphatic carbocycles. The third-order valence-corrected chi connectivity index (χ3v) is 4.52. The van der Waals surface area contributed by atoms with Crippen LogP contribution in [0.5, 0.6) is 0 Å². The van der Waals surface area contributed by atoms with E-state index < -0.39 is 0 Å². The van der Waals surface area contributed by atoms with Crippen LogP contribution in [0.25, 0.3) is 10.9 Å². The second-order valence-corrected chi connectivity index (χ2v) is 6.16. The third kappa shape index (κ3) is 2.89. The minimum absolute atomic E-state index is 0.703. The van der Waals surface area contributed by atoms with Gasteiger partial charge in [0.25, 0.3) is 0 Å². The van der Waals surface area contributed by atoms with Crippen LogP contribution in [0.1, 0.15) is 11.1 Å². The van der Waals surface area contributed by atoms with Gasteiger partial charge in [-0.2, -0.15) is 0 Å². The molecule has 0 aliphatic rings. The molecule has 1 N–H and O–H groups in total. The Morgan fingerprint density at radius 1 is 1.19 bits per heavy atom. The minimum Gasteiger partial charge on any atom is -0.379 e. The summed E-state index contributed by atoms with van der Waals surface area (Å²) in [6, 6.07) is 14.1. The Bertz CT molecular complexity index is 802. The van der Waals surface area contributed by atoms with Gasteiger partial charge in [0.2, 0.25) is 0 Å². The van der Waals surface area contributed by atoms with Crippen LogP contribution in [0.15, 0.2) is 53.1 Å². The molecular weight excluding hydrogens is 348 g/mol. The Labute approximate surface area is 137 Å². The quantitative estimate of drug-likeness (QED) is 0.659. The number of pyridine rings is 1. The number of benzene rings is 2. The molecule has 3 aromatic rings. The molecule has 0 bridgehead atoms. The summed E-state index contributed by atoms with van der Waals surface area (Å²) in [7, 11) is 0. The summed E-state index contributed by atoms with van der Waals surface area (Å²) in [5.74, 6) is 0. The highest BCUT2D eigenvalue weighted by Gasteiger charge is 2.10. The van der Waals surface area contributed by atoms with E-state index in [-0.39, 0.29) is 0 Å². The van der Waals surface area contributed by atoms with Crippen molar-refractivity contribution in [3.05, 3.63) is 69.3 Å². The van der Waals surface area contributed by atoms with Crippen molar-refractivity contribution in [2.75, 3.05) is 5.32 Å². The molecule has 0 saturated carbocycles. The van der Waals surface area contributed by atoms with Crippen LogP contribution in [0.3, 0.4) is 0 Å². The SMILES string of the molecule is Cc1cc(Cl)c(NCc2ccccc2Br)c2cccnc12. The normalized spacial score (nSPS) is 10.8. The van der Waals surface area contributed by atoms with Gasteiger partial charge in [-0.3, -0.25) is 4.98 Å². The highest BCUT2D eigenvalue weighted by atomic mass is 79.9. The second kappa shape index (κ2) is 6.04. The predicted octanol–water partition coefficient (Wildman–Crippen LogP) is 5.57. The first-order valence-electron chi connectivity index (χ1n) is 6.68. The molecule has 3 rings (SSSR count). The molecule has 1 heterocycles. The number of halogens is 2. The zero-order chi connectivity index (χ0) is 14.8. The van der Waals surface area contributed by atoms with E-state index in [1.165, 1.54) is 5.56 Å². The number of anilines is 1. The van der Waals surface area contributed by atoms with Gasteiger partial charge in [0.05, 0.1) is 16.2 Å². The molecule has 21 heavy (non-hydrogen) atoms. The van der Waals surface area contributed by atoms with Crippen LogP contribution in [-0.2, 0) is 6.54 Å². The lowest BCUT2D eigenvalue weighted by atomic mass is 10.1. The summed E-state index contributed by atoms with van der Waals surface area (Å²) in [6.45, 7) is 2.73. The van der Waals surface area contributed by atoms with E-state index in [1.54, 1.807) is 6.20 Å². The molecule has 0 spiro atoms. The molecule has 0 saturated heterocycles. The van der Waals surface area contributed by atoms with Crippen LogP contribution in [0.4, 0.5) is 5.69 Å². The molecule has 0 amide bonds. The van der Waals surface area contributed by atoms with Crippen molar-refractivity contribution in [2.24, 2.45) is 0 Å². The van der Waals surface area contributed by atoms with Gasteiger partial charge in [-0.1, -0.05) is 45.7 Å². The summed E-state index contributed by atoms with van der Waals surface area (Å²) in [5.41, 5.74) is 4.19. The van der Waals surface area contributed by atoms with Gasteiger partial charge >= 0.3 is 0 Å². The Balaban J connectivity index is 1.99. The summed E-state index contributed by atoms with van der Waals surface area (Å²) in [6.07, 6.45) is 1.81. The van der Waals surface area contributed by atoms with Gasteiger partial charge in [0.1, 0.15) is 0 Å². The zero-order valence-corrected chi connectivity index (χ0v) is 13.9. The van der Waals surface area contributed by atoms with E-state index in [1.807, 2.05) is 43.3 Å². The van der Waals surface area contributed by atoms with Crippen molar-refractivity contribution < 1.29 is 0 Å². The number of fused-ring (bicyclic) bond motifs is 1. The number of aryl methyl sites for hydroxylation is 1. The van der Waals surface area contributed by atoms with Crippen molar-refractivity contribution in [3.63, 3.8) is 0 Å². The smallest absolute Gasteiger partial charge is 0.0752 e. The molecule has 0 aliphatic heterocycles. The van der Waals surface area contributed by atoms with E-state index in [2.05, 4.69) is 32.3 Å². The lowest BCUT2D eigenvalue weighted by Gasteiger charge is -2.14. The summed E-state index contributed by atoms with van der Waals surface area (Å²) in [4.78, 5) is 4.45. The topological polar surface area (TPSA) is 24.9 Å². The Morgan fingerprint density at radius 3 is 2.81 bits per heavy atom. The molecule has 0 atom stereocenters. The third-order valence-electron chi connectivity index (χ3n) is 3.45. The van der Waals surface area contributed by atoms with Crippen LogP contribution < -0.4 is 5.32 Å². The number of rotatable bonds is 3. The molecule has 0 fully saturated rings. The Morgan fingerprint density at radius 2 is 2.00 bits per heavy atom. The van der Waals surface area contributed by atoms with Crippen molar-refractivity contribution in [2.45, 2.75) is 13.5 Å². The van der Waals surface area contributed by atoms with Crippen LogP contribution in [0, 0.1) is 6.92 Å². The van der Waals surface area contributed by atoms with Gasteiger partial charge in [0.15, 0.2) is 0 Å². The number of aromatic nitrogens is 1. The van der Waals surface area contributed by atoms with E-state index in [0.717, 1.165) is 31.6 Å². The number of nitrogens with zero attached hydrogens (tertiary/aromatic N) is 1. The summed E-state index contributed by atoms with van der Waals surface area (Å²) < 4.78 is 1.09. The lowest BCUT2D eigenvalue weighted by molar-refractivity contribution is 1.14. The number of hydrogen-bond acceptors (Lipinski definition) is 2. The summed E-state index contributed by atoms with van der Waals surface area (Å²) >= 11 is 9.98. The van der Waals surface area contributed by atoms with Gasteiger partial charge in [0, 0.05) is 22.6 Å². The average Bonchev–Trinajstić information content (AvgIpc) is 2.49. The predicted molar refractivity (Wildman–Crippen MR) is 93.0 cm³/mol. The molecule has 4 heteroatoms. The van der Waals surface area contributed by atoms with Crippen molar-refractivity contribution in [3.8, 4) is 0 Å². The van der Waals surface area contributed by atoms with Crippen LogP contribution >= 0.6 is 27.5 Å². The van der Waals surface area contributed by atoms with E-state index in [0.29, 0.717) is 6.54 Å². The molecule has 2 nitrogen and oxygen atoms in total. The van der Waals surface area contributed by atoms with E-state index in [4.69, 9.17) is 11.6 Å². The van der Waals surface area contributed by atoms with Crippen LogP contribution in [0.2, 0.25) is 5.02 Å². The first-order valence-corrected chi connectivity index (χ1v) is 7.85. The maximum Gasteiger partial charge on any atom is 0.0752 e. The first kappa shape index (κ1) is 14.4. The van der Waals surface area contributed by atoms with Crippen LogP contribution in [-0.4, -0.2) is 4.98 Å². The Kier molecular flexibility index (Phi) is 4.13. The average molecular weight is 362 g/mol. The van der Waals surface area contributed by atoms with E-state index in [9.17, 15) is 0 Å². The van der Waals surface area contributed by atoms with Crippen molar-refractivity contribution in [1.29, 1.82) is 0 Å². The maximum atomic E-state index is 6.41. The van der Waals surface area contributed by atoms with Crippen molar-refractivity contribution in [1.82, 2.24) is 4.98 Å². The fourth-order valence-electron chi connectivity index (χ4n) is 2.39. The monoisotopic (exact) mass is 360 g/mol. The highest BCUT2D eigenvalue weighted by Crippen LogP contribution is 2.33. The fourth-order valence-corrected chi connectivity index (χ4v) is 3.14. The first-order chi connectivity index (χ1) is 10.2. The molecule has 0 radical (unpaired) electrons. The largest absolute Gasteiger partial charge is 0.379 e. The van der Waals surface area contributed by atoms with E-state index >= 15 is 0 Å². The standard InChI is InChI=1S/C17H14BrClN2/c1-11-9-15(19)17(13-6-4-8-20-16(11)13)21-10-12-5-2-3-7-14(12)18/h2-9,21H,10H2,1H3. The maximum absolute atomic E-state index is 6.41.